The second-order valence-electron chi connectivity index (χ2n) is 6.49. The van der Waals surface area contributed by atoms with Gasteiger partial charge in [-0.3, -0.25) is 9.59 Å². The van der Waals surface area contributed by atoms with Crippen LogP contribution in [0.4, 0.5) is 5.69 Å². The molecule has 0 heterocycles. The average molecular weight is 384 g/mol. The lowest BCUT2D eigenvalue weighted by atomic mass is 10.1. The van der Waals surface area contributed by atoms with E-state index in [2.05, 4.69) is 5.32 Å². The fourth-order valence-electron chi connectivity index (χ4n) is 2.65. The van der Waals surface area contributed by atoms with Gasteiger partial charge in [-0.05, 0) is 38.5 Å². The van der Waals surface area contributed by atoms with E-state index in [1.54, 1.807) is 25.2 Å². The van der Waals surface area contributed by atoms with Gasteiger partial charge in [0.15, 0.2) is 11.5 Å². The predicted octanol–water partition coefficient (Wildman–Crippen LogP) is 3.43. The Bertz CT molecular complexity index is 803. The van der Waals surface area contributed by atoms with Gasteiger partial charge in [0.05, 0.1) is 26.2 Å². The van der Waals surface area contributed by atoms with Crippen molar-refractivity contribution in [2.45, 2.75) is 27.2 Å². The number of hydrogen-bond donors (Lipinski definition) is 1. The molecule has 1 N–H and O–H groups in total. The topological polar surface area (TPSA) is 67.9 Å². The lowest BCUT2D eigenvalue weighted by molar-refractivity contribution is -0.132. The smallest absolute Gasteiger partial charge is 0.243 e. The van der Waals surface area contributed by atoms with Gasteiger partial charge < -0.3 is 19.7 Å². The van der Waals surface area contributed by atoms with E-state index in [1.807, 2.05) is 45.0 Å². The molecule has 0 aliphatic carbocycles. The maximum absolute atomic E-state index is 12.4. The molecule has 0 saturated carbocycles. The van der Waals surface area contributed by atoms with Crippen molar-refractivity contribution < 1.29 is 19.1 Å². The maximum Gasteiger partial charge on any atom is 0.243 e. The van der Waals surface area contributed by atoms with E-state index < -0.39 is 0 Å². The van der Waals surface area contributed by atoms with E-state index in [-0.39, 0.29) is 24.8 Å². The van der Waals surface area contributed by atoms with Crippen LogP contribution in [0.25, 0.3) is 0 Å². The number of carbonyl (C=O) groups excluding carboxylic acids is 2. The lowest BCUT2D eigenvalue weighted by Crippen LogP contribution is -2.35. The number of carbonyl (C=O) groups is 2. The molecule has 0 spiro atoms. The van der Waals surface area contributed by atoms with E-state index >= 15 is 0 Å². The van der Waals surface area contributed by atoms with Crippen LogP contribution in [-0.2, 0) is 16.0 Å². The normalized spacial score (nSPS) is 10.3. The summed E-state index contributed by atoms with van der Waals surface area (Å²) in [7, 11) is 1.62. The van der Waals surface area contributed by atoms with Gasteiger partial charge in [0.25, 0.3) is 0 Å². The molecule has 6 heteroatoms. The van der Waals surface area contributed by atoms with E-state index in [0.717, 1.165) is 11.1 Å². The molecule has 6 nitrogen and oxygen atoms in total. The SMILES string of the molecule is CCOc1ccc(NC(=O)CN(C)C(=O)Cc2ccc(C)cc2)cc1OCC. The van der Waals surface area contributed by atoms with Crippen molar-refractivity contribution in [3.05, 3.63) is 53.6 Å². The molecule has 0 fully saturated rings. The summed E-state index contributed by atoms with van der Waals surface area (Å²) in [6.45, 7) is 6.78. The number of nitrogens with one attached hydrogen (secondary N) is 1. The highest BCUT2D eigenvalue weighted by Crippen LogP contribution is 2.30. The zero-order valence-electron chi connectivity index (χ0n) is 17.0. The van der Waals surface area contributed by atoms with Gasteiger partial charge in [0.1, 0.15) is 0 Å². The fraction of sp³-hybridized carbons (Fsp3) is 0.364. The predicted molar refractivity (Wildman–Crippen MR) is 110 cm³/mol. The van der Waals surface area contributed by atoms with Gasteiger partial charge in [-0.25, -0.2) is 0 Å². The quantitative estimate of drug-likeness (QED) is 0.719. The van der Waals surface area contributed by atoms with Crippen LogP contribution in [0.1, 0.15) is 25.0 Å². The van der Waals surface area contributed by atoms with Gasteiger partial charge in [-0.1, -0.05) is 29.8 Å². The fourth-order valence-corrected chi connectivity index (χ4v) is 2.65. The third kappa shape index (κ3) is 6.30. The largest absolute Gasteiger partial charge is 0.490 e. The minimum absolute atomic E-state index is 0.0259. The molecule has 0 unspecified atom stereocenters. The van der Waals surface area contributed by atoms with E-state index in [1.165, 1.54) is 4.90 Å². The Morgan fingerprint density at radius 1 is 0.964 bits per heavy atom. The maximum atomic E-state index is 12.4. The number of amides is 2. The number of ether oxygens (including phenoxy) is 2. The third-order valence-corrected chi connectivity index (χ3v) is 4.11. The zero-order chi connectivity index (χ0) is 20.5. The molecule has 0 aliphatic heterocycles. The van der Waals surface area contributed by atoms with Crippen molar-refractivity contribution in [3.8, 4) is 11.5 Å². The zero-order valence-corrected chi connectivity index (χ0v) is 17.0. The second kappa shape index (κ2) is 10.3. The van der Waals surface area contributed by atoms with Crippen molar-refractivity contribution in [2.24, 2.45) is 0 Å². The lowest BCUT2D eigenvalue weighted by Gasteiger charge is -2.17. The van der Waals surface area contributed by atoms with Gasteiger partial charge >= 0.3 is 0 Å². The molecular weight excluding hydrogens is 356 g/mol. The van der Waals surface area contributed by atoms with Crippen LogP contribution < -0.4 is 14.8 Å². The van der Waals surface area contributed by atoms with Crippen molar-refractivity contribution in [1.82, 2.24) is 4.90 Å². The highest BCUT2D eigenvalue weighted by Gasteiger charge is 2.14. The molecule has 150 valence electrons. The summed E-state index contributed by atoms with van der Waals surface area (Å²) in [5.74, 6) is 0.825. The molecule has 2 aromatic rings. The molecule has 0 bridgehead atoms. The van der Waals surface area contributed by atoms with Crippen LogP contribution in [0.5, 0.6) is 11.5 Å². The third-order valence-electron chi connectivity index (χ3n) is 4.11. The number of rotatable bonds is 9. The molecule has 2 rings (SSSR count). The first-order valence-corrected chi connectivity index (χ1v) is 9.42. The Kier molecular flexibility index (Phi) is 7.87. The number of benzene rings is 2. The minimum Gasteiger partial charge on any atom is -0.490 e. The van der Waals surface area contributed by atoms with Gasteiger partial charge in [0.2, 0.25) is 11.8 Å². The van der Waals surface area contributed by atoms with Crippen molar-refractivity contribution in [3.63, 3.8) is 0 Å². The average Bonchev–Trinajstić information content (AvgIpc) is 2.66. The van der Waals surface area contributed by atoms with Crippen LogP contribution in [0.3, 0.4) is 0 Å². The molecule has 0 aromatic heterocycles. The molecule has 28 heavy (non-hydrogen) atoms. The number of aryl methyl sites for hydroxylation is 1. The first kappa shape index (κ1) is 21.3. The number of hydrogen-bond acceptors (Lipinski definition) is 4. The molecule has 0 saturated heterocycles. The van der Waals surface area contributed by atoms with E-state index in [9.17, 15) is 9.59 Å². The summed E-state index contributed by atoms with van der Waals surface area (Å²) >= 11 is 0. The van der Waals surface area contributed by atoms with Crippen LogP contribution in [0.2, 0.25) is 0 Å². The van der Waals surface area contributed by atoms with Gasteiger partial charge in [-0.2, -0.15) is 0 Å². The number of anilines is 1. The minimum atomic E-state index is -0.272. The van der Waals surface area contributed by atoms with Crippen molar-refractivity contribution in [1.29, 1.82) is 0 Å². The standard InChI is InChI=1S/C22H28N2O4/c1-5-27-19-12-11-18(14-20(19)28-6-2)23-21(25)15-24(4)22(26)13-17-9-7-16(3)8-10-17/h7-12,14H,5-6,13,15H2,1-4H3,(H,23,25). The Morgan fingerprint density at radius 2 is 1.61 bits per heavy atom. The number of likely N-dealkylation sites (N-methyl/N-ethyl adjacent to an activating group) is 1. The molecular formula is C22H28N2O4. The summed E-state index contributed by atoms with van der Waals surface area (Å²) < 4.78 is 11.1. The molecule has 2 aromatic carbocycles. The molecule has 0 aliphatic rings. The van der Waals surface area contributed by atoms with E-state index in [0.29, 0.717) is 30.4 Å². The summed E-state index contributed by atoms with van der Waals surface area (Å²) in [6.07, 6.45) is 0.265. The second-order valence-corrected chi connectivity index (χ2v) is 6.49. The van der Waals surface area contributed by atoms with Crippen molar-refractivity contribution in [2.75, 3.05) is 32.1 Å². The Morgan fingerprint density at radius 3 is 2.25 bits per heavy atom. The highest BCUT2D eigenvalue weighted by atomic mass is 16.5. The summed E-state index contributed by atoms with van der Waals surface area (Å²) in [5.41, 5.74) is 2.66. The molecule has 0 radical (unpaired) electrons. The summed E-state index contributed by atoms with van der Waals surface area (Å²) in [5, 5.41) is 2.80. The Balaban J connectivity index is 1.94. The first-order valence-electron chi connectivity index (χ1n) is 9.42. The van der Waals surface area contributed by atoms with Crippen LogP contribution in [0.15, 0.2) is 42.5 Å². The van der Waals surface area contributed by atoms with Gasteiger partial charge in [0, 0.05) is 18.8 Å². The van der Waals surface area contributed by atoms with Crippen molar-refractivity contribution >= 4 is 17.5 Å². The van der Waals surface area contributed by atoms with Crippen LogP contribution >= 0.6 is 0 Å². The Labute approximate surface area is 166 Å². The monoisotopic (exact) mass is 384 g/mol. The number of nitrogens with zero attached hydrogens (tertiary/aromatic N) is 1. The molecule has 0 atom stereocenters. The van der Waals surface area contributed by atoms with Crippen LogP contribution in [0, 0.1) is 6.92 Å². The van der Waals surface area contributed by atoms with Crippen LogP contribution in [-0.4, -0.2) is 43.5 Å². The Hall–Kier alpha value is -3.02. The summed E-state index contributed by atoms with van der Waals surface area (Å²) in [4.78, 5) is 26.1. The molecule has 2 amide bonds. The first-order chi connectivity index (χ1) is 13.4. The van der Waals surface area contributed by atoms with E-state index in [4.69, 9.17) is 9.47 Å². The van der Waals surface area contributed by atoms with Gasteiger partial charge in [-0.15, -0.1) is 0 Å². The summed E-state index contributed by atoms with van der Waals surface area (Å²) in [6, 6.07) is 13.0. The highest BCUT2D eigenvalue weighted by molar-refractivity contribution is 5.95.